The van der Waals surface area contributed by atoms with Gasteiger partial charge in [0.15, 0.2) is 0 Å². The SMILES string of the molecule is CCC(C)NC(=O)C(CC)N(Cc1ccc(OC)cc1)C(=O)Cc1ccc(Cl)c(Cl)c1. The minimum Gasteiger partial charge on any atom is -0.497 e. The summed E-state index contributed by atoms with van der Waals surface area (Å²) in [5, 5.41) is 3.84. The van der Waals surface area contributed by atoms with Gasteiger partial charge in [-0.3, -0.25) is 9.59 Å². The number of amides is 2. The molecule has 2 amide bonds. The zero-order valence-corrected chi connectivity index (χ0v) is 20.0. The molecule has 0 heterocycles. The molecule has 0 aromatic heterocycles. The Kier molecular flexibility index (Phi) is 9.66. The Morgan fingerprint density at radius 2 is 1.65 bits per heavy atom. The largest absolute Gasteiger partial charge is 0.497 e. The second-order valence-electron chi connectivity index (χ2n) is 7.54. The van der Waals surface area contributed by atoms with Gasteiger partial charge in [0.2, 0.25) is 11.8 Å². The Bertz CT molecular complexity index is 887. The van der Waals surface area contributed by atoms with E-state index in [1.54, 1.807) is 30.2 Å². The average Bonchev–Trinajstić information content (AvgIpc) is 2.76. The number of hydrogen-bond acceptors (Lipinski definition) is 3. The standard InChI is InChI=1S/C24H30Cl2N2O3/c1-5-16(3)27-24(30)22(6-2)28(15-17-7-10-19(31-4)11-8-17)23(29)14-18-9-12-20(25)21(26)13-18/h7-13,16,22H,5-6,14-15H2,1-4H3,(H,27,30). The second-order valence-corrected chi connectivity index (χ2v) is 8.35. The summed E-state index contributed by atoms with van der Waals surface area (Å²) in [5.74, 6) is 0.437. The van der Waals surface area contributed by atoms with Gasteiger partial charge in [0.1, 0.15) is 11.8 Å². The molecule has 0 aliphatic heterocycles. The van der Waals surface area contributed by atoms with Gasteiger partial charge in [-0.1, -0.05) is 55.2 Å². The van der Waals surface area contributed by atoms with E-state index in [1.807, 2.05) is 45.0 Å². The van der Waals surface area contributed by atoms with Gasteiger partial charge in [0, 0.05) is 12.6 Å². The molecule has 2 atom stereocenters. The van der Waals surface area contributed by atoms with E-state index in [0.717, 1.165) is 23.3 Å². The molecule has 0 bridgehead atoms. The van der Waals surface area contributed by atoms with E-state index in [2.05, 4.69) is 5.32 Å². The van der Waals surface area contributed by atoms with Crippen LogP contribution in [0.2, 0.25) is 10.0 Å². The molecule has 0 fully saturated rings. The first kappa shape index (κ1) is 25.0. The van der Waals surface area contributed by atoms with Crippen molar-refractivity contribution in [1.29, 1.82) is 0 Å². The first-order valence-electron chi connectivity index (χ1n) is 10.5. The summed E-state index contributed by atoms with van der Waals surface area (Å²) in [6.45, 7) is 6.19. The quantitative estimate of drug-likeness (QED) is 0.520. The number of ether oxygens (including phenoxy) is 1. The van der Waals surface area contributed by atoms with Crippen molar-refractivity contribution in [3.63, 3.8) is 0 Å². The highest BCUT2D eigenvalue weighted by Gasteiger charge is 2.29. The first-order valence-corrected chi connectivity index (χ1v) is 11.2. The molecule has 0 radical (unpaired) electrons. The van der Waals surface area contributed by atoms with Crippen LogP contribution < -0.4 is 10.1 Å². The molecule has 0 spiro atoms. The zero-order valence-electron chi connectivity index (χ0n) is 18.5. The van der Waals surface area contributed by atoms with Crippen LogP contribution in [0.25, 0.3) is 0 Å². The van der Waals surface area contributed by atoms with E-state index in [-0.39, 0.29) is 24.3 Å². The van der Waals surface area contributed by atoms with Crippen LogP contribution in [0.1, 0.15) is 44.7 Å². The fraction of sp³-hybridized carbons (Fsp3) is 0.417. The van der Waals surface area contributed by atoms with Gasteiger partial charge in [-0.25, -0.2) is 0 Å². The topological polar surface area (TPSA) is 58.6 Å². The number of rotatable bonds is 10. The lowest BCUT2D eigenvalue weighted by Crippen LogP contribution is -2.51. The van der Waals surface area contributed by atoms with Crippen molar-refractivity contribution in [1.82, 2.24) is 10.2 Å². The lowest BCUT2D eigenvalue weighted by atomic mass is 10.1. The van der Waals surface area contributed by atoms with E-state index in [0.29, 0.717) is 23.0 Å². The van der Waals surface area contributed by atoms with Crippen molar-refractivity contribution >= 4 is 35.0 Å². The molecule has 2 aromatic carbocycles. The second kappa shape index (κ2) is 12.0. The third kappa shape index (κ3) is 7.15. The van der Waals surface area contributed by atoms with E-state index in [9.17, 15) is 9.59 Å². The van der Waals surface area contributed by atoms with Gasteiger partial charge < -0.3 is 15.0 Å². The van der Waals surface area contributed by atoms with Gasteiger partial charge in [-0.15, -0.1) is 0 Å². The average molecular weight is 465 g/mol. The number of methoxy groups -OCH3 is 1. The number of halogens is 2. The van der Waals surface area contributed by atoms with Crippen molar-refractivity contribution in [2.75, 3.05) is 7.11 Å². The highest BCUT2D eigenvalue weighted by atomic mass is 35.5. The predicted molar refractivity (Wildman–Crippen MR) is 126 cm³/mol. The van der Waals surface area contributed by atoms with E-state index < -0.39 is 6.04 Å². The molecule has 2 unspecified atom stereocenters. The van der Waals surface area contributed by atoms with Crippen LogP contribution in [0.4, 0.5) is 0 Å². The number of hydrogen-bond donors (Lipinski definition) is 1. The van der Waals surface area contributed by atoms with Gasteiger partial charge in [-0.05, 0) is 55.2 Å². The Morgan fingerprint density at radius 1 is 1.00 bits per heavy atom. The predicted octanol–water partition coefficient (Wildman–Crippen LogP) is 5.27. The van der Waals surface area contributed by atoms with Crippen LogP contribution in [0.15, 0.2) is 42.5 Å². The third-order valence-electron chi connectivity index (χ3n) is 5.24. The number of carbonyl (C=O) groups is 2. The first-order chi connectivity index (χ1) is 14.8. The summed E-state index contributed by atoms with van der Waals surface area (Å²) < 4.78 is 5.22. The summed E-state index contributed by atoms with van der Waals surface area (Å²) in [6.07, 6.45) is 1.45. The number of nitrogens with one attached hydrogen (secondary N) is 1. The lowest BCUT2D eigenvalue weighted by Gasteiger charge is -2.31. The molecule has 1 N–H and O–H groups in total. The minimum absolute atomic E-state index is 0.0366. The molecule has 2 rings (SSSR count). The van der Waals surface area contributed by atoms with E-state index in [4.69, 9.17) is 27.9 Å². The maximum Gasteiger partial charge on any atom is 0.243 e. The fourth-order valence-electron chi connectivity index (χ4n) is 3.21. The van der Waals surface area contributed by atoms with Crippen LogP contribution >= 0.6 is 23.2 Å². The molecule has 168 valence electrons. The summed E-state index contributed by atoms with van der Waals surface area (Å²) in [4.78, 5) is 28.0. The van der Waals surface area contributed by atoms with Crippen molar-refractivity contribution in [2.24, 2.45) is 0 Å². The maximum absolute atomic E-state index is 13.3. The van der Waals surface area contributed by atoms with E-state index in [1.165, 1.54) is 0 Å². The van der Waals surface area contributed by atoms with Gasteiger partial charge in [0.25, 0.3) is 0 Å². The molecule has 5 nitrogen and oxygen atoms in total. The summed E-state index contributed by atoms with van der Waals surface area (Å²) in [5.41, 5.74) is 1.66. The van der Waals surface area contributed by atoms with Gasteiger partial charge >= 0.3 is 0 Å². The van der Waals surface area contributed by atoms with Crippen molar-refractivity contribution < 1.29 is 14.3 Å². The zero-order chi connectivity index (χ0) is 23.0. The van der Waals surface area contributed by atoms with E-state index >= 15 is 0 Å². The van der Waals surface area contributed by atoms with Crippen molar-refractivity contribution in [3.05, 3.63) is 63.6 Å². The summed E-state index contributed by atoms with van der Waals surface area (Å²) in [7, 11) is 1.61. The van der Waals surface area contributed by atoms with Crippen LogP contribution in [-0.4, -0.2) is 35.9 Å². The van der Waals surface area contributed by atoms with Crippen LogP contribution in [0.3, 0.4) is 0 Å². The molecule has 7 heteroatoms. The maximum atomic E-state index is 13.3. The smallest absolute Gasteiger partial charge is 0.243 e. The highest BCUT2D eigenvalue weighted by Crippen LogP contribution is 2.24. The Morgan fingerprint density at radius 3 is 2.19 bits per heavy atom. The fourth-order valence-corrected chi connectivity index (χ4v) is 3.53. The Hall–Kier alpha value is -2.24. The monoisotopic (exact) mass is 464 g/mol. The molecule has 31 heavy (non-hydrogen) atoms. The molecule has 0 saturated carbocycles. The van der Waals surface area contributed by atoms with Crippen molar-refractivity contribution in [3.8, 4) is 5.75 Å². The van der Waals surface area contributed by atoms with Crippen LogP contribution in [0, 0.1) is 0 Å². The molecule has 0 aliphatic rings. The molecule has 0 aliphatic carbocycles. The molecule has 0 saturated heterocycles. The third-order valence-corrected chi connectivity index (χ3v) is 5.98. The number of carbonyl (C=O) groups excluding carboxylic acids is 2. The minimum atomic E-state index is -0.577. The van der Waals surface area contributed by atoms with Crippen molar-refractivity contribution in [2.45, 2.75) is 58.7 Å². The van der Waals surface area contributed by atoms with Crippen LogP contribution in [0.5, 0.6) is 5.75 Å². The Balaban J connectivity index is 2.30. The van der Waals surface area contributed by atoms with Gasteiger partial charge in [0.05, 0.1) is 23.6 Å². The Labute approximate surface area is 194 Å². The molecular weight excluding hydrogens is 435 g/mol. The van der Waals surface area contributed by atoms with Gasteiger partial charge in [-0.2, -0.15) is 0 Å². The normalized spacial score (nSPS) is 12.7. The summed E-state index contributed by atoms with van der Waals surface area (Å²) in [6, 6.07) is 12.1. The highest BCUT2D eigenvalue weighted by molar-refractivity contribution is 6.42. The number of nitrogens with zero attached hydrogens (tertiary/aromatic N) is 1. The van der Waals surface area contributed by atoms with Crippen LogP contribution in [-0.2, 0) is 22.6 Å². The molecule has 2 aromatic rings. The lowest BCUT2D eigenvalue weighted by molar-refractivity contribution is -0.141. The molecular formula is C24H30Cl2N2O3. The number of benzene rings is 2. The summed E-state index contributed by atoms with van der Waals surface area (Å²) >= 11 is 12.1.